The Balaban J connectivity index is 0.000000115. The zero-order chi connectivity index (χ0) is 59.7. The molecule has 12 aromatic carbocycles. The molecule has 10 nitrogen and oxygen atoms in total. The highest BCUT2D eigenvalue weighted by Gasteiger charge is 2.23. The van der Waals surface area contributed by atoms with Crippen LogP contribution in [0, 0.1) is 0 Å². The molecule has 0 atom stereocenters. The second kappa shape index (κ2) is 21.6. The Labute approximate surface area is 536 Å². The van der Waals surface area contributed by atoms with Gasteiger partial charge in [-0.3, -0.25) is 17.9 Å². The molecule has 20 rings (SSSR count). The zero-order valence-corrected chi connectivity index (χ0v) is 50.9. The van der Waals surface area contributed by atoms with Crippen LogP contribution in [-0.2, 0) is 0 Å². The monoisotopic (exact) mass is 1270 g/mol. The predicted molar refractivity (Wildman–Crippen MR) is 387 cm³/mol. The summed E-state index contributed by atoms with van der Waals surface area (Å²) in [7, 11) is -1.40. The van der Waals surface area contributed by atoms with Crippen LogP contribution >= 0.6 is 38.6 Å². The molecule has 0 spiro atoms. The van der Waals surface area contributed by atoms with E-state index in [2.05, 4.69) is 240 Å². The van der Waals surface area contributed by atoms with Crippen molar-refractivity contribution in [3.8, 4) is 23.0 Å². The molecular weight excluding hydrogens is 1220 g/mol. The number of hydrogen-bond donors (Lipinski definition) is 2. The van der Waals surface area contributed by atoms with E-state index in [0.29, 0.717) is 5.46 Å². The third-order valence-corrected chi connectivity index (χ3v) is 20.2. The molecule has 0 bridgehead atoms. The molecule has 0 fully saturated rings. The van der Waals surface area contributed by atoms with Gasteiger partial charge in [-0.05, 0) is 143 Å². The summed E-state index contributed by atoms with van der Waals surface area (Å²) in [6, 6.07) is 92.7. The summed E-state index contributed by atoms with van der Waals surface area (Å²) >= 11 is 7.22. The van der Waals surface area contributed by atoms with E-state index >= 15 is 0 Å². The lowest BCUT2D eigenvalue weighted by molar-refractivity contribution is 0.426. The van der Waals surface area contributed by atoms with Gasteiger partial charge < -0.3 is 10.0 Å². The number of fused-ring (bicyclic) bond motifs is 22. The molecule has 0 aliphatic carbocycles. The van der Waals surface area contributed by atoms with Crippen LogP contribution in [0.15, 0.2) is 271 Å². The van der Waals surface area contributed by atoms with Gasteiger partial charge in [0.25, 0.3) is 0 Å². The molecular formula is C77H50BBrN8O2S2. The lowest BCUT2D eigenvalue weighted by Gasteiger charge is -2.12. The number of nitrogens with zero attached hydrogens (tertiary/aromatic N) is 8. The fourth-order valence-corrected chi connectivity index (χ4v) is 15.8. The summed E-state index contributed by atoms with van der Waals surface area (Å²) in [6.07, 6.45) is 0. The molecule has 0 saturated carbocycles. The van der Waals surface area contributed by atoms with Crippen molar-refractivity contribution in [3.05, 3.63) is 271 Å². The van der Waals surface area contributed by atoms with Crippen LogP contribution < -0.4 is 5.46 Å². The number of thiophene rings is 2. The number of para-hydroxylation sites is 8. The standard InChI is InChI=1S/C38H22N4S.C26H15BrN4.C12H9BO2S.CH4/c1-4-12-30-27(11-1)37-39-31-13-5-7-15-34(31)42(37)38(40-30)41-32-14-6-2-9-25(32)28-21-23(17-19-33(28)41)24-18-20-36-29(22-24)26-10-3-8-16-35(26)43-36;27-16-13-14-23-19(15-16)17-7-2-5-11-22(17)30(23)26-29-20-9-3-1-8-18(20)25-28-21-10-4-6-12-24(21)31(25)26;14-13(15)8-5-6-12-10(7-8)9-3-1-2-4-11(9)16-12;/h1-22H;1-15H;1-7,14-15H;1H4. The number of aromatic nitrogens is 8. The molecule has 0 radical (unpaired) electrons. The Morgan fingerprint density at radius 3 is 1.21 bits per heavy atom. The van der Waals surface area contributed by atoms with Crippen LogP contribution in [0.4, 0.5) is 0 Å². The lowest BCUT2D eigenvalue weighted by atomic mass is 9.80. The quantitative estimate of drug-likeness (QED) is 0.170. The summed E-state index contributed by atoms with van der Waals surface area (Å²) in [6.45, 7) is 0. The largest absolute Gasteiger partial charge is 0.488 e. The Bertz CT molecular complexity index is 6340. The molecule has 432 valence electrons. The fourth-order valence-electron chi connectivity index (χ4n) is 13.3. The molecule has 91 heavy (non-hydrogen) atoms. The van der Waals surface area contributed by atoms with Crippen molar-refractivity contribution in [3.63, 3.8) is 0 Å². The Morgan fingerprint density at radius 1 is 0.308 bits per heavy atom. The maximum atomic E-state index is 9.15. The predicted octanol–water partition coefficient (Wildman–Crippen LogP) is 19.4. The SMILES string of the molecule is Brc1ccc2c(c1)c1ccccc1n2-c1nc2ccccc2c2nc3ccccc3n12.C.OB(O)c1ccc2sc3ccccc3c2c1.c1ccc2c(c1)nc(-n1c3ccccc3c3cc(-c4ccc5sc6ccccc6c5c4)ccc31)n1c3ccccc3nc21. The van der Waals surface area contributed by atoms with Gasteiger partial charge in [-0.2, -0.15) is 0 Å². The van der Waals surface area contributed by atoms with E-state index in [1.165, 1.54) is 67.6 Å². The van der Waals surface area contributed by atoms with Crippen LogP contribution in [0.3, 0.4) is 0 Å². The minimum Gasteiger partial charge on any atom is -0.423 e. The van der Waals surface area contributed by atoms with Crippen molar-refractivity contribution in [1.82, 2.24) is 37.9 Å². The normalized spacial score (nSPS) is 11.8. The van der Waals surface area contributed by atoms with Crippen molar-refractivity contribution < 1.29 is 10.0 Å². The molecule has 0 aliphatic heterocycles. The average Bonchev–Trinajstić information content (AvgIpc) is 1.60. The van der Waals surface area contributed by atoms with Crippen LogP contribution in [0.25, 0.3) is 162 Å². The fraction of sp³-hybridized carbons (Fsp3) is 0.0130. The number of rotatable bonds is 4. The average molecular weight is 1270 g/mol. The van der Waals surface area contributed by atoms with Gasteiger partial charge in [-0.25, -0.2) is 19.9 Å². The smallest absolute Gasteiger partial charge is 0.423 e. The third kappa shape index (κ3) is 8.74. The number of hydrogen-bond acceptors (Lipinski definition) is 8. The Kier molecular flexibility index (Phi) is 12.9. The summed E-state index contributed by atoms with van der Waals surface area (Å²) in [5, 5.41) is 30.1. The lowest BCUT2D eigenvalue weighted by Crippen LogP contribution is -2.29. The van der Waals surface area contributed by atoms with E-state index < -0.39 is 7.12 Å². The van der Waals surface area contributed by atoms with Gasteiger partial charge in [0.05, 0.1) is 55.2 Å². The summed E-state index contributed by atoms with van der Waals surface area (Å²) < 4.78 is 15.1. The molecule has 8 heterocycles. The van der Waals surface area contributed by atoms with Crippen molar-refractivity contribution in [1.29, 1.82) is 0 Å². The molecule has 0 unspecified atom stereocenters. The molecule has 14 heteroatoms. The molecule has 20 aromatic rings. The van der Waals surface area contributed by atoms with E-state index in [0.717, 1.165) is 99.0 Å². The van der Waals surface area contributed by atoms with Crippen LogP contribution in [0.1, 0.15) is 7.43 Å². The number of imidazole rings is 2. The zero-order valence-electron chi connectivity index (χ0n) is 47.6. The highest BCUT2D eigenvalue weighted by atomic mass is 79.9. The second-order valence-electron chi connectivity index (χ2n) is 22.5. The van der Waals surface area contributed by atoms with Crippen LogP contribution in [-0.4, -0.2) is 55.0 Å². The molecule has 2 N–H and O–H groups in total. The first-order valence-corrected chi connectivity index (χ1v) is 32.0. The van der Waals surface area contributed by atoms with Crippen molar-refractivity contribution in [2.24, 2.45) is 0 Å². The topological polar surface area (TPSA) is 111 Å². The summed E-state index contributed by atoms with van der Waals surface area (Å²) in [5.74, 6) is 1.68. The molecule has 0 aliphatic rings. The first-order chi connectivity index (χ1) is 44.4. The Morgan fingerprint density at radius 2 is 0.681 bits per heavy atom. The Hall–Kier alpha value is -10.6. The van der Waals surface area contributed by atoms with Gasteiger partial charge in [0.1, 0.15) is 11.3 Å². The highest BCUT2D eigenvalue weighted by molar-refractivity contribution is 9.10. The van der Waals surface area contributed by atoms with E-state index in [1.54, 1.807) is 17.4 Å². The van der Waals surface area contributed by atoms with E-state index in [1.807, 2.05) is 65.9 Å². The first-order valence-electron chi connectivity index (χ1n) is 29.6. The van der Waals surface area contributed by atoms with Crippen LogP contribution in [0.5, 0.6) is 0 Å². The van der Waals surface area contributed by atoms with Gasteiger partial charge >= 0.3 is 7.12 Å². The molecule has 8 aromatic heterocycles. The highest BCUT2D eigenvalue weighted by Crippen LogP contribution is 2.41. The second-order valence-corrected chi connectivity index (χ2v) is 25.6. The van der Waals surface area contributed by atoms with E-state index in [4.69, 9.17) is 30.0 Å². The molecule has 0 amide bonds. The van der Waals surface area contributed by atoms with Crippen molar-refractivity contribution in [2.45, 2.75) is 7.43 Å². The van der Waals surface area contributed by atoms with Gasteiger partial charge in [0, 0.05) is 71.7 Å². The van der Waals surface area contributed by atoms with Gasteiger partial charge in [0.2, 0.25) is 11.9 Å². The van der Waals surface area contributed by atoms with E-state index in [-0.39, 0.29) is 7.43 Å². The number of halogens is 1. The van der Waals surface area contributed by atoms with Crippen molar-refractivity contribution >= 4 is 190 Å². The minimum absolute atomic E-state index is 0. The third-order valence-electron chi connectivity index (χ3n) is 17.4. The molecule has 0 saturated heterocycles. The number of benzene rings is 12. The minimum atomic E-state index is -1.40. The van der Waals surface area contributed by atoms with E-state index in [9.17, 15) is 0 Å². The summed E-state index contributed by atoms with van der Waals surface area (Å²) in [4.78, 5) is 20.5. The van der Waals surface area contributed by atoms with Gasteiger partial charge in [0.15, 0.2) is 0 Å². The van der Waals surface area contributed by atoms with Crippen molar-refractivity contribution in [2.75, 3.05) is 0 Å². The maximum Gasteiger partial charge on any atom is 0.488 e. The van der Waals surface area contributed by atoms with Gasteiger partial charge in [-0.15, -0.1) is 22.7 Å². The van der Waals surface area contributed by atoms with Crippen LogP contribution in [0.2, 0.25) is 0 Å². The first kappa shape index (κ1) is 54.6. The maximum absolute atomic E-state index is 9.15. The summed E-state index contributed by atoms with van der Waals surface area (Å²) in [5.41, 5.74) is 15.2. The van der Waals surface area contributed by atoms with Gasteiger partial charge in [-0.1, -0.05) is 169 Å².